The summed E-state index contributed by atoms with van der Waals surface area (Å²) in [5, 5.41) is 37.8. The minimum atomic E-state index is -4.80. The predicted molar refractivity (Wildman–Crippen MR) is 71.8 cm³/mol. The van der Waals surface area contributed by atoms with Gasteiger partial charge in [-0.2, -0.15) is 8.42 Å². The van der Waals surface area contributed by atoms with Crippen LogP contribution in [0.15, 0.2) is 30.3 Å². The zero-order valence-electron chi connectivity index (χ0n) is 10.7. The summed E-state index contributed by atoms with van der Waals surface area (Å²) in [5.74, 6) is -3.19. The van der Waals surface area contributed by atoms with Gasteiger partial charge in [0.25, 0.3) is 0 Å². The molecule has 0 aromatic heterocycles. The average molecular weight is 330 g/mol. The van der Waals surface area contributed by atoms with E-state index >= 15 is 0 Å². The Labute approximate surface area is 124 Å². The smallest absolute Gasteiger partial charge is 0.446 e. The van der Waals surface area contributed by atoms with E-state index in [1.807, 2.05) is 0 Å². The van der Waals surface area contributed by atoms with Crippen LogP contribution in [0.5, 0.6) is 40.2 Å². The van der Waals surface area contributed by atoms with E-state index in [0.29, 0.717) is 0 Å². The van der Waals surface area contributed by atoms with Crippen LogP contribution in [-0.2, 0) is 10.4 Å². The minimum Gasteiger partial charge on any atom is -0.508 e. The molecule has 118 valence electrons. The first kappa shape index (κ1) is 15.5. The van der Waals surface area contributed by atoms with E-state index in [9.17, 15) is 28.8 Å². The first-order valence-electron chi connectivity index (χ1n) is 5.58. The second-order valence-corrected chi connectivity index (χ2v) is 5.11. The van der Waals surface area contributed by atoms with Gasteiger partial charge in [-0.05, 0) is 0 Å². The Morgan fingerprint density at radius 3 is 1.82 bits per heavy atom. The Bertz CT molecular complexity index is 790. The highest BCUT2D eigenvalue weighted by molar-refractivity contribution is 7.81. The summed E-state index contributed by atoms with van der Waals surface area (Å²) in [6.45, 7) is 0. The summed E-state index contributed by atoms with van der Waals surface area (Å²) in [7, 11) is -4.80. The molecule has 22 heavy (non-hydrogen) atoms. The molecule has 5 N–H and O–H groups in total. The predicted octanol–water partition coefficient (Wildman–Crippen LogP) is 1.48. The van der Waals surface area contributed by atoms with Crippen molar-refractivity contribution >= 4 is 10.4 Å². The number of phenolic OH excluding ortho intramolecular Hbond substituents is 4. The molecule has 0 unspecified atom stereocenters. The topological polar surface area (TPSA) is 154 Å². The maximum absolute atomic E-state index is 10.6. The molecule has 2 aromatic rings. The molecular formula is C12H10O9S. The van der Waals surface area contributed by atoms with Crippen LogP contribution in [0.1, 0.15) is 0 Å². The van der Waals surface area contributed by atoms with Gasteiger partial charge in [0.15, 0.2) is 17.2 Å². The number of hydrogen-bond donors (Lipinski definition) is 5. The minimum absolute atomic E-state index is 0.213. The zero-order chi connectivity index (χ0) is 16.5. The van der Waals surface area contributed by atoms with Crippen LogP contribution in [0.25, 0.3) is 0 Å². The van der Waals surface area contributed by atoms with E-state index in [2.05, 4.69) is 4.18 Å². The summed E-state index contributed by atoms with van der Waals surface area (Å²) < 4.78 is 39.1. The number of rotatable bonds is 4. The Balaban J connectivity index is 2.38. The number of hydrogen-bond acceptors (Lipinski definition) is 8. The van der Waals surface area contributed by atoms with Crippen LogP contribution >= 0.6 is 0 Å². The van der Waals surface area contributed by atoms with E-state index in [-0.39, 0.29) is 5.75 Å². The standard InChI is InChI=1S/C12H10O9S/c13-6-1-8(5-9(2-6)21-22(17,18)19)20-12-10(15)3-7(14)4-11(12)16/h1-5,13-16H,(H,17,18,19). The highest BCUT2D eigenvalue weighted by atomic mass is 32.3. The lowest BCUT2D eigenvalue weighted by molar-refractivity contribution is 0.363. The molecule has 2 aromatic carbocycles. The molecule has 0 heterocycles. The van der Waals surface area contributed by atoms with Crippen LogP contribution in [0.3, 0.4) is 0 Å². The molecule has 0 saturated carbocycles. The molecule has 10 heteroatoms. The summed E-state index contributed by atoms with van der Waals surface area (Å²) >= 11 is 0. The van der Waals surface area contributed by atoms with Crippen molar-refractivity contribution in [1.82, 2.24) is 0 Å². The average Bonchev–Trinajstić information content (AvgIpc) is 2.30. The molecule has 0 bridgehead atoms. The van der Waals surface area contributed by atoms with Gasteiger partial charge in [0.05, 0.1) is 0 Å². The molecular weight excluding hydrogens is 320 g/mol. The van der Waals surface area contributed by atoms with Crippen LogP contribution in [-0.4, -0.2) is 33.4 Å². The molecule has 9 nitrogen and oxygen atoms in total. The molecule has 0 aliphatic heterocycles. The van der Waals surface area contributed by atoms with Crippen molar-refractivity contribution in [1.29, 1.82) is 0 Å². The first-order valence-corrected chi connectivity index (χ1v) is 6.94. The SMILES string of the molecule is O=S(=O)(O)Oc1cc(O)cc(Oc2c(O)cc(O)cc2O)c1. The molecule has 0 fully saturated rings. The van der Waals surface area contributed by atoms with Crippen molar-refractivity contribution < 1.29 is 42.3 Å². The largest absolute Gasteiger partial charge is 0.508 e. The molecule has 0 saturated heterocycles. The maximum atomic E-state index is 10.6. The van der Waals surface area contributed by atoms with Gasteiger partial charge in [-0.1, -0.05) is 0 Å². The van der Waals surface area contributed by atoms with Gasteiger partial charge in [0, 0.05) is 30.3 Å². The lowest BCUT2D eigenvalue weighted by Gasteiger charge is -2.11. The molecule has 0 radical (unpaired) electrons. The molecule has 0 aliphatic carbocycles. The summed E-state index contributed by atoms with van der Waals surface area (Å²) in [5.41, 5.74) is 0. The molecule has 2 rings (SSSR count). The van der Waals surface area contributed by atoms with Crippen LogP contribution in [0, 0.1) is 0 Å². The van der Waals surface area contributed by atoms with Gasteiger partial charge >= 0.3 is 10.4 Å². The molecule has 0 spiro atoms. The van der Waals surface area contributed by atoms with E-state index < -0.39 is 44.9 Å². The number of phenols is 4. The monoisotopic (exact) mass is 330 g/mol. The quantitative estimate of drug-likeness (QED) is 0.524. The number of ether oxygens (including phenoxy) is 1. The second-order valence-electron chi connectivity index (χ2n) is 4.09. The molecule has 0 amide bonds. The van der Waals surface area contributed by atoms with Crippen molar-refractivity contribution in [3.63, 3.8) is 0 Å². The fraction of sp³-hybridized carbons (Fsp3) is 0. The van der Waals surface area contributed by atoms with Crippen LogP contribution in [0.4, 0.5) is 0 Å². The molecule has 0 aliphatic rings. The highest BCUT2D eigenvalue weighted by Crippen LogP contribution is 2.42. The van der Waals surface area contributed by atoms with Crippen molar-refractivity contribution in [3.05, 3.63) is 30.3 Å². The Morgan fingerprint density at radius 2 is 1.27 bits per heavy atom. The van der Waals surface area contributed by atoms with E-state index in [1.165, 1.54) is 0 Å². The van der Waals surface area contributed by atoms with Crippen LogP contribution < -0.4 is 8.92 Å². The van der Waals surface area contributed by atoms with Crippen molar-refractivity contribution in [2.24, 2.45) is 0 Å². The van der Waals surface area contributed by atoms with E-state index in [1.54, 1.807) is 0 Å². The molecule has 0 atom stereocenters. The van der Waals surface area contributed by atoms with Gasteiger partial charge in [0.1, 0.15) is 17.2 Å². The zero-order valence-corrected chi connectivity index (χ0v) is 11.5. The maximum Gasteiger partial charge on any atom is 0.446 e. The Kier molecular flexibility index (Phi) is 3.89. The Morgan fingerprint density at radius 1 is 0.773 bits per heavy atom. The third-order valence-electron chi connectivity index (χ3n) is 2.32. The summed E-state index contributed by atoms with van der Waals surface area (Å²) in [4.78, 5) is 0. The number of aromatic hydroxyl groups is 4. The lowest BCUT2D eigenvalue weighted by atomic mass is 10.2. The van der Waals surface area contributed by atoms with E-state index in [4.69, 9.17) is 9.29 Å². The Hall–Kier alpha value is -2.85. The third-order valence-corrected chi connectivity index (χ3v) is 2.72. The first-order chi connectivity index (χ1) is 10.1. The van der Waals surface area contributed by atoms with Gasteiger partial charge in [-0.15, -0.1) is 0 Å². The summed E-state index contributed by atoms with van der Waals surface area (Å²) in [6.07, 6.45) is 0. The number of benzene rings is 2. The van der Waals surface area contributed by atoms with Gasteiger partial charge < -0.3 is 29.3 Å². The highest BCUT2D eigenvalue weighted by Gasteiger charge is 2.15. The lowest BCUT2D eigenvalue weighted by Crippen LogP contribution is -2.06. The van der Waals surface area contributed by atoms with Crippen molar-refractivity contribution in [3.8, 4) is 40.2 Å². The normalized spacial score (nSPS) is 11.1. The van der Waals surface area contributed by atoms with Crippen molar-refractivity contribution in [2.45, 2.75) is 0 Å². The fourth-order valence-corrected chi connectivity index (χ4v) is 1.93. The summed E-state index contributed by atoms with van der Waals surface area (Å²) in [6, 6.07) is 4.68. The van der Waals surface area contributed by atoms with Gasteiger partial charge in [-0.3, -0.25) is 4.55 Å². The van der Waals surface area contributed by atoms with Gasteiger partial charge in [0.2, 0.25) is 5.75 Å². The third kappa shape index (κ3) is 3.84. The second kappa shape index (κ2) is 5.50. The van der Waals surface area contributed by atoms with E-state index in [0.717, 1.165) is 30.3 Å². The van der Waals surface area contributed by atoms with Crippen molar-refractivity contribution in [2.75, 3.05) is 0 Å². The van der Waals surface area contributed by atoms with Gasteiger partial charge in [-0.25, -0.2) is 0 Å². The fourth-order valence-electron chi connectivity index (χ4n) is 1.59. The van der Waals surface area contributed by atoms with Crippen LogP contribution in [0.2, 0.25) is 0 Å².